The van der Waals surface area contributed by atoms with Crippen molar-refractivity contribution < 1.29 is 9.53 Å². The molecule has 0 aliphatic rings. The van der Waals surface area contributed by atoms with Crippen LogP contribution < -0.4 is 0 Å². The van der Waals surface area contributed by atoms with Crippen molar-refractivity contribution in [3.8, 4) is 6.07 Å². The van der Waals surface area contributed by atoms with Crippen molar-refractivity contribution in [2.24, 2.45) is 0 Å². The summed E-state index contributed by atoms with van der Waals surface area (Å²) in [5, 5.41) is 9.54. The van der Waals surface area contributed by atoms with Crippen molar-refractivity contribution in [1.82, 2.24) is 0 Å². The molecule has 0 saturated carbocycles. The van der Waals surface area contributed by atoms with Crippen LogP contribution in [0.3, 0.4) is 0 Å². The second-order valence-corrected chi connectivity index (χ2v) is 4.03. The minimum atomic E-state index is -0.490. The lowest BCUT2D eigenvalue weighted by Gasteiger charge is -2.07. The van der Waals surface area contributed by atoms with Crippen LogP contribution in [-0.2, 0) is 10.1 Å². The van der Waals surface area contributed by atoms with E-state index in [1.54, 1.807) is 19.1 Å². The Kier molecular flexibility index (Phi) is 4.84. The summed E-state index contributed by atoms with van der Waals surface area (Å²) in [5.41, 5.74) is 1.44. The van der Waals surface area contributed by atoms with Crippen molar-refractivity contribution in [3.05, 3.63) is 28.8 Å². The fourth-order valence-corrected chi connectivity index (χ4v) is 2.16. The molecule has 1 rings (SSSR count). The Morgan fingerprint density at radius 3 is 2.81 bits per heavy atom. The maximum Gasteiger partial charge on any atom is 0.339 e. The Balaban J connectivity index is 3.24. The van der Waals surface area contributed by atoms with Gasteiger partial charge in [0.15, 0.2) is 0 Å². The highest BCUT2D eigenvalue weighted by Gasteiger charge is 2.14. The first-order valence-electron chi connectivity index (χ1n) is 4.63. The maximum absolute atomic E-state index is 11.6. The third-order valence-corrected chi connectivity index (χ3v) is 3.00. The van der Waals surface area contributed by atoms with Gasteiger partial charge in [0.05, 0.1) is 17.7 Å². The van der Waals surface area contributed by atoms with Gasteiger partial charge in [0.1, 0.15) is 6.07 Å². The minimum Gasteiger partial charge on any atom is -0.462 e. The smallest absolute Gasteiger partial charge is 0.339 e. The number of rotatable bonds is 3. The van der Waals surface area contributed by atoms with Crippen LogP contribution in [0, 0.1) is 11.3 Å². The van der Waals surface area contributed by atoms with Gasteiger partial charge in [0.25, 0.3) is 0 Å². The van der Waals surface area contributed by atoms with E-state index < -0.39 is 5.97 Å². The number of benzene rings is 1. The molecule has 0 spiro atoms. The largest absolute Gasteiger partial charge is 0.462 e. The van der Waals surface area contributed by atoms with E-state index in [4.69, 9.17) is 10.00 Å². The Hall–Kier alpha value is -0.990. The number of nitriles is 1. The first-order chi connectivity index (χ1) is 7.63. The first kappa shape index (κ1) is 13.1. The molecule has 5 heteroatoms. The predicted octanol–water partition coefficient (Wildman–Crippen LogP) is 2.92. The molecule has 0 aromatic heterocycles. The number of ether oxygens (including phenoxy) is 1. The Morgan fingerprint density at radius 2 is 2.31 bits per heavy atom. The second-order valence-electron chi connectivity index (χ2n) is 2.99. The van der Waals surface area contributed by atoms with Gasteiger partial charge in [-0.05, 0) is 24.6 Å². The zero-order valence-electron chi connectivity index (χ0n) is 8.66. The zero-order valence-corrected chi connectivity index (χ0v) is 11.1. The van der Waals surface area contributed by atoms with Gasteiger partial charge in [-0.3, -0.25) is 0 Å². The molecule has 0 saturated heterocycles. The van der Waals surface area contributed by atoms with Crippen LogP contribution in [-0.4, -0.2) is 12.6 Å². The highest BCUT2D eigenvalue weighted by atomic mass is 79.9. The maximum atomic E-state index is 11.6. The zero-order chi connectivity index (χ0) is 12.1. The first-order valence-corrected chi connectivity index (χ1v) is 6.20. The van der Waals surface area contributed by atoms with E-state index in [0.29, 0.717) is 15.8 Å². The van der Waals surface area contributed by atoms with Crippen molar-refractivity contribution in [1.29, 1.82) is 5.26 Å². The van der Waals surface area contributed by atoms with Crippen molar-refractivity contribution in [2.45, 2.75) is 17.1 Å². The lowest BCUT2D eigenvalue weighted by molar-refractivity contribution is 0.0525. The number of halogens is 1. The van der Waals surface area contributed by atoms with E-state index in [0.717, 1.165) is 5.56 Å². The van der Waals surface area contributed by atoms with Crippen LogP contribution >= 0.6 is 28.6 Å². The Bertz CT molecular complexity index is 454. The number of hydrogen-bond acceptors (Lipinski definition) is 4. The van der Waals surface area contributed by atoms with Crippen molar-refractivity contribution >= 4 is 34.5 Å². The third kappa shape index (κ3) is 2.77. The number of nitrogens with zero attached hydrogens (tertiary/aromatic N) is 1. The molecule has 0 atom stereocenters. The summed E-state index contributed by atoms with van der Waals surface area (Å²) in [6.07, 6.45) is 0. The number of carbonyl (C=O) groups is 1. The highest BCUT2D eigenvalue weighted by Crippen LogP contribution is 2.22. The summed E-state index contributed by atoms with van der Waals surface area (Å²) in [6, 6.07) is 5.19. The molecule has 0 bridgehead atoms. The Labute approximate surface area is 108 Å². The second kappa shape index (κ2) is 5.92. The van der Waals surface area contributed by atoms with E-state index in [-0.39, 0.29) is 12.2 Å². The molecule has 0 radical (unpaired) electrons. The van der Waals surface area contributed by atoms with Crippen LogP contribution in [0.15, 0.2) is 17.0 Å². The number of carbonyl (C=O) groups excluding carboxylic acids is 1. The molecule has 0 amide bonds. The predicted molar refractivity (Wildman–Crippen MR) is 67.0 cm³/mol. The molecule has 1 aromatic carbocycles. The summed E-state index contributed by atoms with van der Waals surface area (Å²) in [5.74, 6) is -0.490. The Morgan fingerprint density at radius 1 is 1.62 bits per heavy atom. The molecule has 16 heavy (non-hydrogen) atoms. The van der Waals surface area contributed by atoms with E-state index in [2.05, 4.69) is 28.6 Å². The molecule has 0 N–H and O–H groups in total. The topological polar surface area (TPSA) is 50.1 Å². The summed E-state index contributed by atoms with van der Waals surface area (Å²) < 4.78 is 4.86. The molecular formula is C11H10BrNO2S. The van der Waals surface area contributed by atoms with E-state index in [1.807, 2.05) is 6.07 Å². The van der Waals surface area contributed by atoms with Crippen LogP contribution in [0.1, 0.15) is 28.4 Å². The van der Waals surface area contributed by atoms with Gasteiger partial charge in [-0.2, -0.15) is 5.26 Å². The van der Waals surface area contributed by atoms with Gasteiger partial charge in [0.2, 0.25) is 0 Å². The summed E-state index contributed by atoms with van der Waals surface area (Å²) in [4.78, 5) is 12.2. The van der Waals surface area contributed by atoms with E-state index in [9.17, 15) is 4.79 Å². The van der Waals surface area contributed by atoms with Gasteiger partial charge < -0.3 is 4.74 Å². The van der Waals surface area contributed by atoms with Gasteiger partial charge in [-0.25, -0.2) is 4.79 Å². The molecule has 0 aliphatic heterocycles. The summed E-state index contributed by atoms with van der Waals surface area (Å²) in [6.45, 7) is 2.00. The molecule has 84 valence electrons. The van der Waals surface area contributed by atoms with Gasteiger partial charge in [0, 0.05) is 10.2 Å². The van der Waals surface area contributed by atoms with Gasteiger partial charge in [-0.15, -0.1) is 12.6 Å². The number of thiol groups is 1. The average Bonchev–Trinajstić information content (AvgIpc) is 2.29. The fourth-order valence-electron chi connectivity index (χ4n) is 1.21. The standard InChI is InChI=1S/C11H10BrNO2S/c1-2-15-11(14)9-4-10(16)7(5-12)3-8(9)6-13/h3-4,16H,2,5H2,1H3. The quantitative estimate of drug-likeness (QED) is 0.530. The minimum absolute atomic E-state index is 0.263. The van der Waals surface area contributed by atoms with Gasteiger partial charge >= 0.3 is 5.97 Å². The van der Waals surface area contributed by atoms with E-state index >= 15 is 0 Å². The van der Waals surface area contributed by atoms with Gasteiger partial charge in [-0.1, -0.05) is 15.9 Å². The number of hydrogen-bond donors (Lipinski definition) is 1. The van der Waals surface area contributed by atoms with Crippen molar-refractivity contribution in [3.63, 3.8) is 0 Å². The van der Waals surface area contributed by atoms with Crippen LogP contribution in [0.4, 0.5) is 0 Å². The van der Waals surface area contributed by atoms with Crippen LogP contribution in [0.2, 0.25) is 0 Å². The highest BCUT2D eigenvalue weighted by molar-refractivity contribution is 9.08. The molecule has 1 aromatic rings. The molecule has 0 fully saturated rings. The third-order valence-electron chi connectivity index (χ3n) is 1.98. The number of esters is 1. The van der Waals surface area contributed by atoms with E-state index in [1.165, 1.54) is 0 Å². The lowest BCUT2D eigenvalue weighted by Crippen LogP contribution is -2.07. The summed E-state index contributed by atoms with van der Waals surface area (Å²) in [7, 11) is 0. The monoisotopic (exact) mass is 299 g/mol. The molecule has 3 nitrogen and oxygen atoms in total. The van der Waals surface area contributed by atoms with Crippen LogP contribution in [0.25, 0.3) is 0 Å². The molecule has 0 unspecified atom stereocenters. The molecule has 0 aliphatic carbocycles. The fraction of sp³-hybridized carbons (Fsp3) is 0.273. The van der Waals surface area contributed by atoms with Crippen molar-refractivity contribution in [2.75, 3.05) is 6.61 Å². The SMILES string of the molecule is CCOC(=O)c1cc(S)c(CBr)cc1C#N. The molecular weight excluding hydrogens is 290 g/mol. The molecule has 0 heterocycles. The lowest BCUT2D eigenvalue weighted by atomic mass is 10.1. The average molecular weight is 300 g/mol. The van der Waals surface area contributed by atoms with Crippen LogP contribution in [0.5, 0.6) is 0 Å². The summed E-state index contributed by atoms with van der Waals surface area (Å²) >= 11 is 7.54. The normalized spacial score (nSPS) is 9.62. The number of alkyl halides is 1.